The Labute approximate surface area is 110 Å². The van der Waals surface area contributed by atoms with Crippen LogP contribution in [0.15, 0.2) is 46.9 Å². The molecule has 2 aromatic rings. The number of nitrogens with one attached hydrogen (secondary N) is 1. The van der Waals surface area contributed by atoms with E-state index in [4.69, 9.17) is 5.73 Å². The third-order valence-corrected chi connectivity index (χ3v) is 3.07. The van der Waals surface area contributed by atoms with E-state index in [2.05, 4.69) is 52.4 Å². The lowest BCUT2D eigenvalue weighted by atomic mass is 10.1. The molecule has 2 aromatic carbocycles. The Morgan fingerprint density at radius 1 is 1.18 bits per heavy atom. The average Bonchev–Trinajstić information content (AvgIpc) is 2.30. The van der Waals surface area contributed by atoms with Gasteiger partial charge in [0.15, 0.2) is 0 Å². The molecule has 0 radical (unpaired) electrons. The van der Waals surface area contributed by atoms with Gasteiger partial charge in [-0.2, -0.15) is 0 Å². The molecule has 0 unspecified atom stereocenters. The fraction of sp³-hybridized carbons (Fsp3) is 0.143. The van der Waals surface area contributed by atoms with Crippen molar-refractivity contribution in [2.45, 2.75) is 13.5 Å². The Balaban J connectivity index is 2.09. The number of anilines is 2. The maximum absolute atomic E-state index is 5.90. The summed E-state index contributed by atoms with van der Waals surface area (Å²) in [6.07, 6.45) is 0. The van der Waals surface area contributed by atoms with Crippen molar-refractivity contribution in [3.8, 4) is 0 Å². The van der Waals surface area contributed by atoms with Gasteiger partial charge in [-0.3, -0.25) is 0 Å². The van der Waals surface area contributed by atoms with Crippen LogP contribution in [0.5, 0.6) is 0 Å². The van der Waals surface area contributed by atoms with E-state index < -0.39 is 0 Å². The first-order chi connectivity index (χ1) is 8.15. The van der Waals surface area contributed by atoms with Crippen LogP contribution in [0.2, 0.25) is 0 Å². The maximum atomic E-state index is 5.90. The first-order valence-electron chi connectivity index (χ1n) is 5.49. The molecule has 17 heavy (non-hydrogen) atoms. The van der Waals surface area contributed by atoms with Crippen LogP contribution in [0.3, 0.4) is 0 Å². The fourth-order valence-electron chi connectivity index (χ4n) is 1.70. The second-order valence-corrected chi connectivity index (χ2v) is 4.99. The first kappa shape index (κ1) is 12.0. The molecule has 0 saturated carbocycles. The predicted octanol–water partition coefficient (Wildman–Crippen LogP) is 3.95. The van der Waals surface area contributed by atoms with E-state index in [1.54, 1.807) is 0 Å². The number of hydrogen-bond donors (Lipinski definition) is 2. The van der Waals surface area contributed by atoms with Crippen LogP contribution in [0.1, 0.15) is 11.1 Å². The summed E-state index contributed by atoms with van der Waals surface area (Å²) in [6, 6.07) is 14.3. The summed E-state index contributed by atoms with van der Waals surface area (Å²) in [4.78, 5) is 0. The summed E-state index contributed by atoms with van der Waals surface area (Å²) in [5.74, 6) is 0. The van der Waals surface area contributed by atoms with Crippen LogP contribution in [-0.2, 0) is 6.54 Å². The fourth-order valence-corrected chi connectivity index (χ4v) is 2.06. The molecule has 3 N–H and O–H groups in total. The molecule has 0 aliphatic carbocycles. The van der Waals surface area contributed by atoms with Crippen LogP contribution in [0.4, 0.5) is 11.4 Å². The van der Waals surface area contributed by atoms with E-state index in [9.17, 15) is 0 Å². The highest BCUT2D eigenvalue weighted by Crippen LogP contribution is 2.23. The second kappa shape index (κ2) is 5.23. The summed E-state index contributed by atoms with van der Waals surface area (Å²) in [5, 5.41) is 3.34. The summed E-state index contributed by atoms with van der Waals surface area (Å²) >= 11 is 3.44. The van der Waals surface area contributed by atoms with Crippen molar-refractivity contribution in [1.29, 1.82) is 0 Å². The molecule has 0 spiro atoms. The minimum Gasteiger partial charge on any atom is -0.397 e. The second-order valence-electron chi connectivity index (χ2n) is 4.07. The molecule has 2 rings (SSSR count). The van der Waals surface area contributed by atoms with Crippen LogP contribution in [0, 0.1) is 6.92 Å². The minimum absolute atomic E-state index is 0.765. The van der Waals surface area contributed by atoms with E-state index in [1.807, 2.05) is 18.2 Å². The van der Waals surface area contributed by atoms with E-state index in [0.717, 1.165) is 22.4 Å². The summed E-state index contributed by atoms with van der Waals surface area (Å²) < 4.78 is 1.03. The molecule has 0 aliphatic rings. The van der Waals surface area contributed by atoms with Crippen molar-refractivity contribution in [2.75, 3.05) is 11.1 Å². The van der Waals surface area contributed by atoms with Crippen LogP contribution in [0.25, 0.3) is 0 Å². The normalized spacial score (nSPS) is 10.2. The van der Waals surface area contributed by atoms with Crippen molar-refractivity contribution in [1.82, 2.24) is 0 Å². The number of nitrogen functional groups attached to an aromatic ring is 1. The Morgan fingerprint density at radius 2 is 2.00 bits per heavy atom. The Hall–Kier alpha value is -1.48. The van der Waals surface area contributed by atoms with Crippen molar-refractivity contribution in [3.63, 3.8) is 0 Å². The van der Waals surface area contributed by atoms with Gasteiger partial charge >= 0.3 is 0 Å². The smallest absolute Gasteiger partial charge is 0.0587 e. The van der Waals surface area contributed by atoms with Gasteiger partial charge in [0.05, 0.1) is 11.4 Å². The van der Waals surface area contributed by atoms with Crippen LogP contribution >= 0.6 is 15.9 Å². The zero-order valence-corrected chi connectivity index (χ0v) is 11.3. The van der Waals surface area contributed by atoms with Gasteiger partial charge in [0.1, 0.15) is 0 Å². The zero-order valence-electron chi connectivity index (χ0n) is 9.70. The quantitative estimate of drug-likeness (QED) is 0.840. The van der Waals surface area contributed by atoms with Crippen molar-refractivity contribution in [3.05, 3.63) is 58.1 Å². The van der Waals surface area contributed by atoms with E-state index >= 15 is 0 Å². The van der Waals surface area contributed by atoms with Gasteiger partial charge in [0.2, 0.25) is 0 Å². The third-order valence-electron chi connectivity index (χ3n) is 2.58. The van der Waals surface area contributed by atoms with Gasteiger partial charge in [-0.25, -0.2) is 0 Å². The number of nitrogens with two attached hydrogens (primary N) is 1. The number of rotatable bonds is 3. The maximum Gasteiger partial charge on any atom is 0.0587 e. The lowest BCUT2D eigenvalue weighted by Crippen LogP contribution is -2.02. The number of hydrogen-bond acceptors (Lipinski definition) is 2. The third kappa shape index (κ3) is 3.24. The van der Waals surface area contributed by atoms with Crippen molar-refractivity contribution >= 4 is 27.3 Å². The van der Waals surface area contributed by atoms with Gasteiger partial charge in [-0.05, 0) is 30.7 Å². The first-order valence-corrected chi connectivity index (χ1v) is 6.29. The number of benzene rings is 2. The highest BCUT2D eigenvalue weighted by atomic mass is 79.9. The molecule has 0 saturated heterocycles. The number of halogens is 1. The molecule has 0 heterocycles. The van der Waals surface area contributed by atoms with E-state index in [1.165, 1.54) is 11.1 Å². The standard InChI is InChI=1S/C14H15BrN2/c1-10-3-2-4-11(7-10)9-17-14-8-12(15)5-6-13(14)16/h2-8,17H,9,16H2,1H3. The highest BCUT2D eigenvalue weighted by Gasteiger charge is 2.00. The molecular formula is C14H15BrN2. The van der Waals surface area contributed by atoms with E-state index in [0.29, 0.717) is 0 Å². The topological polar surface area (TPSA) is 38.0 Å². The molecule has 0 atom stereocenters. The Bertz CT molecular complexity index is 523. The van der Waals surface area contributed by atoms with Crippen LogP contribution in [-0.4, -0.2) is 0 Å². The van der Waals surface area contributed by atoms with Gasteiger partial charge in [-0.15, -0.1) is 0 Å². The molecule has 0 amide bonds. The largest absolute Gasteiger partial charge is 0.397 e. The van der Waals surface area contributed by atoms with Crippen LogP contribution < -0.4 is 11.1 Å². The Kier molecular flexibility index (Phi) is 3.69. The van der Waals surface area contributed by atoms with Crippen molar-refractivity contribution in [2.24, 2.45) is 0 Å². The average molecular weight is 291 g/mol. The summed E-state index contributed by atoms with van der Waals surface area (Å²) in [7, 11) is 0. The number of aryl methyl sites for hydroxylation is 1. The van der Waals surface area contributed by atoms with Gasteiger partial charge in [0.25, 0.3) is 0 Å². The molecule has 2 nitrogen and oxygen atoms in total. The SMILES string of the molecule is Cc1cccc(CNc2cc(Br)ccc2N)c1. The van der Waals surface area contributed by atoms with E-state index in [-0.39, 0.29) is 0 Å². The zero-order chi connectivity index (χ0) is 12.3. The molecule has 0 aromatic heterocycles. The lowest BCUT2D eigenvalue weighted by Gasteiger charge is -2.10. The van der Waals surface area contributed by atoms with Gasteiger partial charge in [-0.1, -0.05) is 45.8 Å². The molecule has 0 aliphatic heterocycles. The minimum atomic E-state index is 0.765. The summed E-state index contributed by atoms with van der Waals surface area (Å²) in [6.45, 7) is 2.87. The molecule has 0 bridgehead atoms. The highest BCUT2D eigenvalue weighted by molar-refractivity contribution is 9.10. The van der Waals surface area contributed by atoms with Gasteiger partial charge in [0, 0.05) is 11.0 Å². The van der Waals surface area contributed by atoms with Gasteiger partial charge < -0.3 is 11.1 Å². The Morgan fingerprint density at radius 3 is 2.76 bits per heavy atom. The molecule has 88 valence electrons. The molecular weight excluding hydrogens is 276 g/mol. The monoisotopic (exact) mass is 290 g/mol. The lowest BCUT2D eigenvalue weighted by molar-refractivity contribution is 1.14. The molecule has 3 heteroatoms. The predicted molar refractivity (Wildman–Crippen MR) is 77.1 cm³/mol. The molecule has 0 fully saturated rings. The van der Waals surface area contributed by atoms with Crippen molar-refractivity contribution < 1.29 is 0 Å². The summed E-state index contributed by atoms with van der Waals surface area (Å²) in [5.41, 5.74) is 10.1.